The molecule has 1 aromatic heterocycles. The average molecular weight is 454 g/mol. The second-order valence-corrected chi connectivity index (χ2v) is 10.7. The minimum absolute atomic E-state index is 0. The molecule has 2 N–H and O–H groups in total. The zero-order chi connectivity index (χ0) is 19.8. The highest BCUT2D eigenvalue weighted by Gasteiger charge is 2.43. The summed E-state index contributed by atoms with van der Waals surface area (Å²) in [5.41, 5.74) is 1.25. The number of benzene rings is 2. The van der Waals surface area contributed by atoms with E-state index in [0.29, 0.717) is 10.5 Å². The van der Waals surface area contributed by atoms with Crippen molar-refractivity contribution < 1.29 is 22.3 Å². The van der Waals surface area contributed by atoms with Crippen molar-refractivity contribution in [3.8, 4) is 5.75 Å². The Labute approximate surface area is 177 Å². The van der Waals surface area contributed by atoms with Crippen LogP contribution in [0.3, 0.4) is 0 Å². The highest BCUT2D eigenvalue weighted by Crippen LogP contribution is 2.61. The van der Waals surface area contributed by atoms with Gasteiger partial charge in [0.05, 0.1) is 10.6 Å². The summed E-state index contributed by atoms with van der Waals surface area (Å²) in [5.74, 6) is -0.0155. The van der Waals surface area contributed by atoms with Crippen LogP contribution in [0.2, 0.25) is 0 Å². The molecule has 1 unspecified atom stereocenters. The molecular formula is C20H20ClNO5S2. The van der Waals surface area contributed by atoms with Crippen LogP contribution in [0, 0.1) is 0 Å². The number of sulfone groups is 1. The smallest absolute Gasteiger partial charge is 0.190 e. The molecule has 0 saturated carbocycles. The summed E-state index contributed by atoms with van der Waals surface area (Å²) in [6.45, 7) is 0.177. The summed E-state index contributed by atoms with van der Waals surface area (Å²) in [5, 5.41) is -1.03. The van der Waals surface area contributed by atoms with Gasteiger partial charge in [0.15, 0.2) is 9.84 Å². The Morgan fingerprint density at radius 1 is 1.03 bits per heavy atom. The van der Waals surface area contributed by atoms with Crippen molar-refractivity contribution in [2.75, 3.05) is 5.75 Å². The lowest BCUT2D eigenvalue weighted by atomic mass is 10.2. The van der Waals surface area contributed by atoms with E-state index < -0.39 is 25.7 Å². The first-order chi connectivity index (χ1) is 13.4. The van der Waals surface area contributed by atoms with Crippen LogP contribution >= 0.6 is 23.0 Å². The predicted octanol–water partition coefficient (Wildman–Crippen LogP) is 4.72. The van der Waals surface area contributed by atoms with E-state index in [1.807, 2.05) is 6.07 Å². The van der Waals surface area contributed by atoms with Crippen LogP contribution in [0.5, 0.6) is 5.75 Å². The minimum Gasteiger partial charge on any atom is -0.487 e. The van der Waals surface area contributed by atoms with Gasteiger partial charge in [0.25, 0.3) is 0 Å². The molecule has 29 heavy (non-hydrogen) atoms. The maximum atomic E-state index is 13.4. The Hall–Kier alpha value is -2.10. The Kier molecular flexibility index (Phi) is 6.21. The fourth-order valence-corrected chi connectivity index (χ4v) is 7.84. The SMILES string of the molecule is Cl.O=S(=O)(c1ccccc1OCc1cccnc1)C1CS(O)(O)c2ccccc21. The third kappa shape index (κ3) is 4.12. The Bertz CT molecular complexity index is 1110. The molecule has 6 nitrogen and oxygen atoms in total. The zero-order valence-corrected chi connectivity index (χ0v) is 17.7. The fraction of sp³-hybridized carbons (Fsp3) is 0.150. The third-order valence-corrected chi connectivity index (χ3v) is 8.85. The van der Waals surface area contributed by atoms with Crippen molar-refractivity contribution in [1.29, 1.82) is 0 Å². The Morgan fingerprint density at radius 3 is 2.52 bits per heavy atom. The molecule has 1 atom stereocenters. The van der Waals surface area contributed by atoms with Crippen molar-refractivity contribution >= 4 is 32.8 Å². The molecule has 1 aliphatic rings. The maximum absolute atomic E-state index is 13.4. The number of hydrogen-bond acceptors (Lipinski definition) is 6. The van der Waals surface area contributed by atoms with Gasteiger partial charge in [-0.3, -0.25) is 14.1 Å². The fourth-order valence-electron chi connectivity index (χ4n) is 3.29. The van der Waals surface area contributed by atoms with E-state index in [-0.39, 0.29) is 35.4 Å². The van der Waals surface area contributed by atoms with Gasteiger partial charge in [0, 0.05) is 18.0 Å². The third-order valence-electron chi connectivity index (χ3n) is 4.65. The molecule has 0 aliphatic carbocycles. The van der Waals surface area contributed by atoms with Gasteiger partial charge in [-0.1, -0.05) is 36.4 Å². The average Bonchev–Trinajstić information content (AvgIpc) is 2.99. The molecule has 9 heteroatoms. The van der Waals surface area contributed by atoms with E-state index in [4.69, 9.17) is 4.74 Å². The first-order valence-corrected chi connectivity index (χ1v) is 11.9. The lowest BCUT2D eigenvalue weighted by Crippen LogP contribution is -2.16. The summed E-state index contributed by atoms with van der Waals surface area (Å²) in [4.78, 5) is 4.36. The van der Waals surface area contributed by atoms with Crippen LogP contribution in [-0.2, 0) is 16.4 Å². The van der Waals surface area contributed by atoms with Gasteiger partial charge < -0.3 is 4.74 Å². The molecule has 0 fully saturated rings. The van der Waals surface area contributed by atoms with Gasteiger partial charge >= 0.3 is 0 Å². The predicted molar refractivity (Wildman–Crippen MR) is 115 cm³/mol. The first-order valence-electron chi connectivity index (χ1n) is 8.59. The summed E-state index contributed by atoms with van der Waals surface area (Å²) in [6.07, 6.45) is 3.30. The highest BCUT2D eigenvalue weighted by molar-refractivity contribution is 8.25. The summed E-state index contributed by atoms with van der Waals surface area (Å²) in [7, 11) is -7.04. The van der Waals surface area contributed by atoms with E-state index in [9.17, 15) is 17.5 Å². The van der Waals surface area contributed by atoms with E-state index in [2.05, 4.69) is 4.98 Å². The van der Waals surface area contributed by atoms with Gasteiger partial charge in [-0.25, -0.2) is 8.42 Å². The lowest BCUT2D eigenvalue weighted by Gasteiger charge is -2.27. The monoisotopic (exact) mass is 453 g/mol. The Morgan fingerprint density at radius 2 is 1.76 bits per heavy atom. The molecule has 4 rings (SSSR count). The minimum atomic E-state index is -3.90. The first kappa shape index (κ1) is 21.6. The maximum Gasteiger partial charge on any atom is 0.190 e. The molecule has 1 aliphatic heterocycles. The number of pyridine rings is 1. The van der Waals surface area contributed by atoms with Crippen molar-refractivity contribution in [3.63, 3.8) is 0 Å². The van der Waals surface area contributed by atoms with Crippen LogP contribution in [0.1, 0.15) is 16.4 Å². The molecule has 0 bridgehead atoms. The van der Waals surface area contributed by atoms with E-state index in [1.54, 1.807) is 60.9 Å². The largest absolute Gasteiger partial charge is 0.487 e. The van der Waals surface area contributed by atoms with Gasteiger partial charge in [0.2, 0.25) is 0 Å². The number of nitrogens with zero attached hydrogens (tertiary/aromatic N) is 1. The van der Waals surface area contributed by atoms with E-state index in [0.717, 1.165) is 5.56 Å². The number of halogens is 1. The second-order valence-electron chi connectivity index (χ2n) is 6.50. The topological polar surface area (TPSA) is 96.7 Å². The molecule has 0 radical (unpaired) electrons. The van der Waals surface area contributed by atoms with Gasteiger partial charge in [0.1, 0.15) is 22.5 Å². The van der Waals surface area contributed by atoms with E-state index in [1.165, 1.54) is 6.07 Å². The Balaban J connectivity index is 0.00000240. The highest BCUT2D eigenvalue weighted by atomic mass is 35.5. The van der Waals surface area contributed by atoms with Crippen LogP contribution in [-0.4, -0.2) is 28.3 Å². The number of hydrogen-bond donors (Lipinski definition) is 2. The number of aromatic nitrogens is 1. The quantitative estimate of drug-likeness (QED) is 0.580. The molecule has 2 heterocycles. The molecule has 0 spiro atoms. The van der Waals surface area contributed by atoms with Gasteiger partial charge in [-0.15, -0.1) is 12.4 Å². The number of para-hydroxylation sites is 1. The number of rotatable bonds is 5. The zero-order valence-electron chi connectivity index (χ0n) is 15.2. The number of fused-ring (bicyclic) bond motifs is 1. The van der Waals surface area contributed by atoms with Crippen molar-refractivity contribution in [3.05, 3.63) is 84.2 Å². The molecular weight excluding hydrogens is 434 g/mol. The van der Waals surface area contributed by atoms with Crippen LogP contribution in [0.15, 0.2) is 82.8 Å². The van der Waals surface area contributed by atoms with Crippen LogP contribution in [0.4, 0.5) is 0 Å². The van der Waals surface area contributed by atoms with Crippen LogP contribution < -0.4 is 4.74 Å². The summed E-state index contributed by atoms with van der Waals surface area (Å²) >= 11 is 0. The van der Waals surface area contributed by atoms with Crippen molar-refractivity contribution in [1.82, 2.24) is 4.98 Å². The molecule has 0 saturated heterocycles. The van der Waals surface area contributed by atoms with E-state index >= 15 is 0 Å². The van der Waals surface area contributed by atoms with Crippen molar-refractivity contribution in [2.45, 2.75) is 21.6 Å². The van der Waals surface area contributed by atoms with Crippen LogP contribution in [0.25, 0.3) is 0 Å². The van der Waals surface area contributed by atoms with Crippen molar-refractivity contribution in [2.24, 2.45) is 0 Å². The second kappa shape index (κ2) is 8.33. The summed E-state index contributed by atoms with van der Waals surface area (Å²) < 4.78 is 53.4. The lowest BCUT2D eigenvalue weighted by molar-refractivity contribution is 0.297. The molecule has 3 aromatic rings. The van der Waals surface area contributed by atoms with Gasteiger partial charge in [-0.2, -0.15) is 10.6 Å². The molecule has 154 valence electrons. The number of ether oxygens (including phenoxy) is 1. The van der Waals surface area contributed by atoms with Gasteiger partial charge in [-0.05, 0) is 29.8 Å². The normalized spacial score (nSPS) is 18.3. The molecule has 0 amide bonds. The summed E-state index contributed by atoms with van der Waals surface area (Å²) in [6, 6.07) is 16.6. The standard InChI is InChI=1S/C20H19NO5S2.ClH/c22-27(23)14-20(16-7-1-3-9-18(16)27)28(24,25)19-10-4-2-8-17(19)26-13-15-6-5-11-21-12-15;/h1-12,20,22-23H,13-14H2;1H. The molecule has 2 aromatic carbocycles.